The van der Waals surface area contributed by atoms with Crippen LogP contribution in [0.15, 0.2) is 109 Å². The lowest BCUT2D eigenvalue weighted by Crippen LogP contribution is -2.65. The van der Waals surface area contributed by atoms with Gasteiger partial charge < -0.3 is 100 Å². The van der Waals surface area contributed by atoms with Crippen molar-refractivity contribution in [2.45, 2.75) is 75.4 Å². The summed E-state index contributed by atoms with van der Waals surface area (Å²) in [6.45, 7) is 10.8. The Hall–Kier alpha value is -7.90. The topological polar surface area (TPSA) is 337 Å². The molecule has 8 aromatic rings. The van der Waals surface area contributed by atoms with E-state index in [1.807, 2.05) is 24.3 Å². The Morgan fingerprint density at radius 3 is 1.17 bits per heavy atom. The first-order valence-electron chi connectivity index (χ1n) is 36.9. The van der Waals surface area contributed by atoms with Crippen molar-refractivity contribution in [2.24, 2.45) is 11.5 Å². The number of ether oxygens (including phenoxy) is 12. The number of primary amides is 1. The van der Waals surface area contributed by atoms with E-state index in [9.17, 15) is 28.8 Å². The number of nitrogens with one attached hydrogen (secondary N) is 6. The minimum atomic E-state index is -1.27. The second kappa shape index (κ2) is 45.6. The van der Waals surface area contributed by atoms with E-state index in [4.69, 9.17) is 68.3 Å². The molecule has 0 bridgehead atoms. The molecule has 26 heteroatoms. The van der Waals surface area contributed by atoms with Crippen LogP contribution in [0.3, 0.4) is 0 Å². The van der Waals surface area contributed by atoms with Crippen LogP contribution in [0, 0.1) is 0 Å². The number of carbonyl (C=O) groups excluding carboxylic acids is 6. The zero-order valence-electron chi connectivity index (χ0n) is 60.4. The van der Waals surface area contributed by atoms with Gasteiger partial charge in [-0.1, -0.05) is 109 Å². The highest BCUT2D eigenvalue weighted by molar-refractivity contribution is 6.24. The maximum Gasteiger partial charge on any atom is 0.245 e. The lowest BCUT2D eigenvalue weighted by molar-refractivity contribution is -0.136. The third-order valence-corrected chi connectivity index (χ3v) is 18.3. The zero-order chi connectivity index (χ0) is 73.5. The molecular weight excluding hydrogens is 1350 g/mol. The predicted octanol–water partition coefficient (Wildman–Crippen LogP) is 5.30. The fourth-order valence-electron chi connectivity index (χ4n) is 12.9. The van der Waals surface area contributed by atoms with E-state index in [1.165, 1.54) is 0 Å². The summed E-state index contributed by atoms with van der Waals surface area (Å²) in [6, 6.07) is 35.4. The van der Waals surface area contributed by atoms with Crippen LogP contribution >= 0.6 is 0 Å². The Morgan fingerprint density at radius 2 is 0.743 bits per heavy atom. The second-order valence-electron chi connectivity index (χ2n) is 25.7. The normalized spacial score (nSPS) is 13.7. The molecule has 105 heavy (non-hydrogen) atoms. The number of hydrogen-bond acceptors (Lipinski definition) is 20. The lowest BCUT2D eigenvalue weighted by Gasteiger charge is -2.38. The average Bonchev–Trinajstić information content (AvgIpc) is 0.748. The molecule has 26 nitrogen and oxygen atoms in total. The minimum absolute atomic E-state index is 0.0150. The Balaban J connectivity index is 0.742. The Morgan fingerprint density at radius 1 is 0.381 bits per heavy atom. The highest BCUT2D eigenvalue weighted by Gasteiger charge is 2.42. The monoisotopic (exact) mass is 1450 g/mol. The molecule has 1 fully saturated rings. The fraction of sp³-hybridized carbons (Fsp3) is 0.519. The summed E-state index contributed by atoms with van der Waals surface area (Å²) in [6.07, 6.45) is 2.03. The van der Waals surface area contributed by atoms with Gasteiger partial charge in [-0.25, -0.2) is 0 Å². The number of rotatable bonds is 56. The van der Waals surface area contributed by atoms with Crippen LogP contribution in [0.1, 0.15) is 56.1 Å². The standard InChI is InChI=1S/C79H106N8O18/c80-26-33-96-37-41-100-45-49-104-53-51-103-48-44-99-40-36-95-32-23-71(90)85-67(55-63-16-14-61-12-10-57-5-3-7-59-18-20-65(63)74(61)72(57)59)76(91)83-27-2-1-9-70(89)86-68(56-64-17-15-62-13-11-58-6-4-8-60-19-21-66(64)75(62)73(58)60)77(92)87-79(24-28-82-29-25-79)78(93)84-30-34-97-38-42-101-46-50-105-54-52-102-47-43-98-39-35-94-31-22-69(81)88/h3-8,10-21,67-68,82H,1-2,9,22-56,80H2,(H2,81,88)(H,83,91)(H,84,93)(H,85,90)(H,86,89)(H,87,92)/t67-,68-/m0/s1. The molecule has 1 aliphatic heterocycles. The van der Waals surface area contributed by atoms with Gasteiger partial charge in [0, 0.05) is 51.7 Å². The maximum atomic E-state index is 15.0. The van der Waals surface area contributed by atoms with E-state index < -0.39 is 29.4 Å². The molecule has 0 radical (unpaired) electrons. The van der Waals surface area contributed by atoms with Gasteiger partial charge in [0.15, 0.2) is 0 Å². The van der Waals surface area contributed by atoms with Crippen LogP contribution in [0.4, 0.5) is 0 Å². The van der Waals surface area contributed by atoms with E-state index in [0.717, 1.165) is 75.8 Å². The second-order valence-corrected chi connectivity index (χ2v) is 25.7. The summed E-state index contributed by atoms with van der Waals surface area (Å²) in [5.74, 6) is -2.31. The van der Waals surface area contributed by atoms with Gasteiger partial charge in [0.05, 0.1) is 159 Å². The van der Waals surface area contributed by atoms with Crippen molar-refractivity contribution in [1.29, 1.82) is 0 Å². The van der Waals surface area contributed by atoms with Gasteiger partial charge in [0.1, 0.15) is 17.6 Å². The van der Waals surface area contributed by atoms with Crippen LogP contribution in [0.25, 0.3) is 64.6 Å². The molecule has 1 aliphatic rings. The number of unbranched alkanes of at least 4 members (excludes halogenated alkanes) is 1. The van der Waals surface area contributed by atoms with Gasteiger partial charge in [-0.2, -0.15) is 0 Å². The average molecular weight is 1460 g/mol. The summed E-state index contributed by atoms with van der Waals surface area (Å²) in [4.78, 5) is 82.4. The Labute approximate surface area is 613 Å². The highest BCUT2D eigenvalue weighted by atomic mass is 16.6. The van der Waals surface area contributed by atoms with Gasteiger partial charge in [-0.3, -0.25) is 28.8 Å². The van der Waals surface area contributed by atoms with E-state index in [-0.39, 0.29) is 95.2 Å². The van der Waals surface area contributed by atoms with Crippen molar-refractivity contribution >= 4 is 100 Å². The molecule has 1 saturated heterocycles. The Bertz CT molecular complexity index is 3900. The number of benzene rings is 8. The number of nitrogens with two attached hydrogens (primary N) is 2. The molecule has 0 unspecified atom stereocenters. The first-order valence-corrected chi connectivity index (χ1v) is 36.9. The van der Waals surface area contributed by atoms with Crippen molar-refractivity contribution in [3.05, 3.63) is 120 Å². The summed E-state index contributed by atoms with van der Waals surface area (Å²) >= 11 is 0. The molecule has 570 valence electrons. The van der Waals surface area contributed by atoms with Gasteiger partial charge >= 0.3 is 0 Å². The maximum absolute atomic E-state index is 15.0. The SMILES string of the molecule is NCCOCCOCCOCCOCCOCCOCCC(=O)N[C@@H](Cc1ccc2ccc3cccc4ccc1c2c34)C(=O)NCCCCC(=O)N[C@@H](Cc1ccc2ccc3cccc4ccc1c2c34)C(=O)NC1(C(=O)NCCOCCOCCOCCOCCOCCOCCC(N)=O)CCNCC1. The fourth-order valence-corrected chi connectivity index (χ4v) is 12.9. The summed E-state index contributed by atoms with van der Waals surface area (Å²) in [7, 11) is 0. The summed E-state index contributed by atoms with van der Waals surface area (Å²) in [5.41, 5.74) is 11.0. The largest absolute Gasteiger partial charge is 0.379 e. The molecular formula is C79H106N8O18. The smallest absolute Gasteiger partial charge is 0.245 e. The van der Waals surface area contributed by atoms with E-state index in [1.54, 1.807) is 0 Å². The van der Waals surface area contributed by atoms with Crippen LogP contribution in [-0.4, -0.2) is 244 Å². The van der Waals surface area contributed by atoms with Crippen LogP contribution < -0.4 is 43.4 Å². The quantitative estimate of drug-likeness (QED) is 0.0177. The van der Waals surface area contributed by atoms with Crippen molar-refractivity contribution in [3.8, 4) is 0 Å². The molecule has 0 aliphatic carbocycles. The van der Waals surface area contributed by atoms with E-state index in [0.29, 0.717) is 177 Å². The Kier molecular flexibility index (Phi) is 35.2. The molecule has 1 heterocycles. The van der Waals surface area contributed by atoms with Crippen LogP contribution in [-0.2, 0) is 98.5 Å². The van der Waals surface area contributed by atoms with Gasteiger partial charge in [0.25, 0.3) is 0 Å². The lowest BCUT2D eigenvalue weighted by atomic mass is 9.86. The first-order chi connectivity index (χ1) is 51.5. The predicted molar refractivity (Wildman–Crippen MR) is 402 cm³/mol. The van der Waals surface area contributed by atoms with Crippen molar-refractivity contribution in [1.82, 2.24) is 31.9 Å². The van der Waals surface area contributed by atoms with E-state index >= 15 is 0 Å². The van der Waals surface area contributed by atoms with Gasteiger partial charge in [-0.05, 0) is 115 Å². The molecule has 8 aromatic carbocycles. The number of carbonyl (C=O) groups is 6. The number of piperidine rings is 1. The molecule has 6 amide bonds. The third kappa shape index (κ3) is 26.2. The van der Waals surface area contributed by atoms with Crippen molar-refractivity contribution < 1.29 is 85.6 Å². The molecule has 2 atom stereocenters. The molecule has 0 aromatic heterocycles. The van der Waals surface area contributed by atoms with E-state index in [2.05, 4.69) is 117 Å². The van der Waals surface area contributed by atoms with Crippen LogP contribution in [0.2, 0.25) is 0 Å². The first kappa shape index (κ1) is 81.2. The minimum Gasteiger partial charge on any atom is -0.379 e. The van der Waals surface area contributed by atoms with Crippen molar-refractivity contribution in [3.63, 3.8) is 0 Å². The van der Waals surface area contributed by atoms with Gasteiger partial charge in [0.2, 0.25) is 35.4 Å². The molecule has 10 N–H and O–H groups in total. The molecule has 9 rings (SSSR count). The van der Waals surface area contributed by atoms with Crippen molar-refractivity contribution in [2.75, 3.05) is 191 Å². The molecule has 0 saturated carbocycles. The zero-order valence-corrected chi connectivity index (χ0v) is 60.4. The van der Waals surface area contributed by atoms with Gasteiger partial charge in [-0.15, -0.1) is 0 Å². The summed E-state index contributed by atoms with van der Waals surface area (Å²) < 4.78 is 66.5. The van der Waals surface area contributed by atoms with Crippen LogP contribution in [0.5, 0.6) is 0 Å². The molecule has 0 spiro atoms. The highest BCUT2D eigenvalue weighted by Crippen LogP contribution is 2.38. The number of hydrogen-bond donors (Lipinski definition) is 8. The number of amides is 6. The summed E-state index contributed by atoms with van der Waals surface area (Å²) in [5, 5.41) is 31.6. The third-order valence-electron chi connectivity index (χ3n) is 18.3.